The summed E-state index contributed by atoms with van der Waals surface area (Å²) in [5.74, 6) is 0.993. The zero-order valence-corrected chi connectivity index (χ0v) is 21.7. The van der Waals surface area contributed by atoms with Crippen LogP contribution in [0.25, 0.3) is 0 Å². The molecule has 5 heteroatoms. The molecular weight excluding hydrogens is 446 g/mol. The zero-order chi connectivity index (χ0) is 25.3. The number of anilines is 1. The quantitative estimate of drug-likeness (QED) is 0.444. The lowest BCUT2D eigenvalue weighted by atomic mass is 9.52. The van der Waals surface area contributed by atoms with E-state index in [2.05, 4.69) is 64.7 Å². The molecule has 1 aromatic heterocycles. The molecule has 3 atom stereocenters. The number of nitrogens with one attached hydrogen (secondary N) is 1. The smallest absolute Gasteiger partial charge is 0.255 e. The number of rotatable bonds is 6. The normalized spacial score (nSPS) is 25.1. The van der Waals surface area contributed by atoms with E-state index in [0.29, 0.717) is 23.0 Å². The van der Waals surface area contributed by atoms with Gasteiger partial charge in [0.1, 0.15) is 5.82 Å². The van der Waals surface area contributed by atoms with Crippen molar-refractivity contribution >= 4 is 11.6 Å². The topological polar surface area (TPSA) is 75.1 Å². The number of carbonyl (C=O) groups is 1. The molecule has 1 heterocycles. The molecule has 0 aliphatic heterocycles. The van der Waals surface area contributed by atoms with Gasteiger partial charge < -0.3 is 10.4 Å². The number of fused-ring (bicyclic) bond motifs is 3. The molecule has 2 N–H and O–H groups in total. The third kappa shape index (κ3) is 4.69. The largest absolute Gasteiger partial charge is 0.390 e. The molecule has 0 radical (unpaired) electrons. The van der Waals surface area contributed by atoms with E-state index in [1.165, 1.54) is 16.7 Å². The molecule has 5 nitrogen and oxygen atoms in total. The molecule has 2 aliphatic rings. The van der Waals surface area contributed by atoms with Crippen LogP contribution in [-0.2, 0) is 18.3 Å². The van der Waals surface area contributed by atoms with Crippen molar-refractivity contribution in [3.8, 4) is 0 Å². The maximum atomic E-state index is 13.1. The van der Waals surface area contributed by atoms with Gasteiger partial charge in [-0.05, 0) is 93.5 Å². The lowest BCUT2D eigenvalue weighted by Crippen LogP contribution is -2.51. The summed E-state index contributed by atoms with van der Waals surface area (Å²) in [7, 11) is 0. The number of hydrogen-bond acceptors (Lipinski definition) is 4. The predicted octanol–water partition coefficient (Wildman–Crippen LogP) is 6.10. The number of benzene rings is 2. The highest BCUT2D eigenvalue weighted by Gasteiger charge is 2.51. The second-order valence-electron chi connectivity index (χ2n) is 11.0. The van der Waals surface area contributed by atoms with E-state index < -0.39 is 5.60 Å². The molecular formula is C31H37N3O2. The Morgan fingerprint density at radius 3 is 2.69 bits per heavy atom. The number of amides is 1. The first kappa shape index (κ1) is 24.6. The molecule has 0 unspecified atom stereocenters. The van der Waals surface area contributed by atoms with Crippen molar-refractivity contribution in [3.05, 3.63) is 88.5 Å². The summed E-state index contributed by atoms with van der Waals surface area (Å²) in [5.41, 5.74) is 5.50. The van der Waals surface area contributed by atoms with Crippen molar-refractivity contribution in [2.45, 2.75) is 83.2 Å². The fraction of sp³-hybridized carbons (Fsp3) is 0.452. The van der Waals surface area contributed by atoms with E-state index >= 15 is 0 Å². The number of hydrogen-bond donors (Lipinski definition) is 2. The summed E-state index contributed by atoms with van der Waals surface area (Å²) in [5, 5.41) is 14.4. The SMILES string of the molecule is CCC[C@@]1(O)CC[C@@]2(Cc3ccccc3)c3ccc(C(=O)Nc4cnc(C)nc4C)cc3CC[C@@H]2C1. The molecule has 2 aromatic carbocycles. The van der Waals surface area contributed by atoms with E-state index in [9.17, 15) is 9.90 Å². The number of carbonyl (C=O) groups excluding carboxylic acids is 1. The maximum absolute atomic E-state index is 13.1. The lowest BCUT2D eigenvalue weighted by molar-refractivity contribution is -0.0565. The van der Waals surface area contributed by atoms with E-state index in [1.54, 1.807) is 6.20 Å². The Kier molecular flexibility index (Phi) is 6.69. The van der Waals surface area contributed by atoms with E-state index in [4.69, 9.17) is 0 Å². The summed E-state index contributed by atoms with van der Waals surface area (Å²) in [6.07, 6.45) is 9.18. The minimum Gasteiger partial charge on any atom is -0.390 e. The fourth-order valence-corrected chi connectivity index (χ4v) is 6.79. The van der Waals surface area contributed by atoms with E-state index in [-0.39, 0.29) is 11.3 Å². The summed E-state index contributed by atoms with van der Waals surface area (Å²) >= 11 is 0. The second kappa shape index (κ2) is 9.78. The average molecular weight is 484 g/mol. The van der Waals surface area contributed by atoms with Gasteiger partial charge >= 0.3 is 0 Å². The molecule has 0 saturated heterocycles. The second-order valence-corrected chi connectivity index (χ2v) is 11.0. The van der Waals surface area contributed by atoms with Crippen LogP contribution in [0.4, 0.5) is 5.69 Å². The van der Waals surface area contributed by atoms with E-state index in [0.717, 1.165) is 57.1 Å². The first-order valence-corrected chi connectivity index (χ1v) is 13.3. The maximum Gasteiger partial charge on any atom is 0.255 e. The molecule has 1 amide bonds. The van der Waals surface area contributed by atoms with Crippen LogP contribution in [0.15, 0.2) is 54.7 Å². The van der Waals surface area contributed by atoms with Crippen LogP contribution >= 0.6 is 0 Å². The molecule has 2 aliphatic carbocycles. The monoisotopic (exact) mass is 483 g/mol. The zero-order valence-electron chi connectivity index (χ0n) is 21.7. The Morgan fingerprint density at radius 1 is 1.14 bits per heavy atom. The number of aliphatic hydroxyl groups is 1. The first-order valence-electron chi connectivity index (χ1n) is 13.3. The highest BCUT2D eigenvalue weighted by atomic mass is 16.3. The Bertz CT molecular complexity index is 1260. The fourth-order valence-electron chi connectivity index (χ4n) is 6.79. The van der Waals surface area contributed by atoms with Crippen LogP contribution in [0, 0.1) is 19.8 Å². The van der Waals surface area contributed by atoms with Gasteiger partial charge in [0.05, 0.1) is 23.2 Å². The van der Waals surface area contributed by atoms with Crippen LogP contribution in [0.5, 0.6) is 0 Å². The van der Waals surface area contributed by atoms with Crippen molar-refractivity contribution in [1.29, 1.82) is 0 Å². The van der Waals surface area contributed by atoms with Gasteiger partial charge in [0.2, 0.25) is 0 Å². The number of nitrogens with zero attached hydrogens (tertiary/aromatic N) is 2. The van der Waals surface area contributed by atoms with Crippen molar-refractivity contribution in [3.63, 3.8) is 0 Å². The Morgan fingerprint density at radius 2 is 1.94 bits per heavy atom. The molecule has 3 aromatic rings. The van der Waals surface area contributed by atoms with Crippen molar-refractivity contribution in [2.24, 2.45) is 5.92 Å². The van der Waals surface area contributed by atoms with E-state index in [1.807, 2.05) is 19.9 Å². The predicted molar refractivity (Wildman–Crippen MR) is 143 cm³/mol. The Hall–Kier alpha value is -3.05. The third-order valence-corrected chi connectivity index (χ3v) is 8.54. The van der Waals surface area contributed by atoms with Gasteiger partial charge in [-0.3, -0.25) is 4.79 Å². The highest BCUT2D eigenvalue weighted by Crippen LogP contribution is 2.55. The molecule has 36 heavy (non-hydrogen) atoms. The van der Waals surface area contributed by atoms with Gasteiger partial charge in [0, 0.05) is 11.0 Å². The number of aromatic nitrogens is 2. The van der Waals surface area contributed by atoms with Crippen LogP contribution in [0.3, 0.4) is 0 Å². The van der Waals surface area contributed by atoms with Crippen molar-refractivity contribution in [2.75, 3.05) is 5.32 Å². The minimum absolute atomic E-state index is 0.00863. The van der Waals surface area contributed by atoms with Gasteiger partial charge in [0.25, 0.3) is 5.91 Å². The lowest BCUT2D eigenvalue weighted by Gasteiger charge is -2.53. The Labute approximate surface area is 214 Å². The van der Waals surface area contributed by atoms with Gasteiger partial charge in [-0.15, -0.1) is 0 Å². The first-order chi connectivity index (χ1) is 17.3. The van der Waals surface area contributed by atoms with Gasteiger partial charge in [-0.1, -0.05) is 49.7 Å². The van der Waals surface area contributed by atoms with Crippen LogP contribution in [-0.4, -0.2) is 26.6 Å². The Balaban J connectivity index is 1.48. The van der Waals surface area contributed by atoms with Gasteiger partial charge in [0.15, 0.2) is 0 Å². The summed E-state index contributed by atoms with van der Waals surface area (Å²) in [6, 6.07) is 17.0. The summed E-state index contributed by atoms with van der Waals surface area (Å²) < 4.78 is 0. The molecule has 5 rings (SSSR count). The molecule has 0 spiro atoms. The molecule has 188 valence electrons. The summed E-state index contributed by atoms with van der Waals surface area (Å²) in [6.45, 7) is 5.89. The molecule has 0 bridgehead atoms. The third-order valence-electron chi connectivity index (χ3n) is 8.54. The van der Waals surface area contributed by atoms with Crippen molar-refractivity contribution in [1.82, 2.24) is 9.97 Å². The van der Waals surface area contributed by atoms with Crippen molar-refractivity contribution < 1.29 is 9.90 Å². The number of aryl methyl sites for hydroxylation is 3. The molecule has 1 fully saturated rings. The van der Waals surface area contributed by atoms with Gasteiger partial charge in [-0.25, -0.2) is 9.97 Å². The van der Waals surface area contributed by atoms with Crippen LogP contribution < -0.4 is 5.32 Å². The summed E-state index contributed by atoms with van der Waals surface area (Å²) in [4.78, 5) is 21.7. The average Bonchev–Trinajstić information content (AvgIpc) is 2.86. The van der Waals surface area contributed by atoms with Gasteiger partial charge in [-0.2, -0.15) is 0 Å². The standard InChI is InChI=1S/C31H37N3O2/c1-4-14-30(36)15-16-31(18-23-8-6-5-7-9-23)26(19-30)12-10-24-17-25(11-13-27(24)31)29(35)34-28-20-32-22(3)33-21(28)2/h5-9,11,13,17,20,26,36H,4,10,12,14-16,18-19H2,1-3H3,(H,34,35)/t26-,30-,31+/m1/s1. The van der Waals surface area contributed by atoms with Crippen LogP contribution in [0.2, 0.25) is 0 Å². The molecule has 1 saturated carbocycles. The highest BCUT2D eigenvalue weighted by molar-refractivity contribution is 6.04. The minimum atomic E-state index is -0.551. The van der Waals surface area contributed by atoms with Crippen LogP contribution in [0.1, 0.15) is 84.0 Å².